The molecule has 1 aromatic carbocycles. The summed E-state index contributed by atoms with van der Waals surface area (Å²) in [6, 6.07) is 11.4. The first kappa shape index (κ1) is 14.1. The highest BCUT2D eigenvalue weighted by Crippen LogP contribution is 2.24. The number of carboxylic acids is 1. The fourth-order valence-corrected chi connectivity index (χ4v) is 2.75. The molecule has 0 aliphatic rings. The average Bonchev–Trinajstić information content (AvgIpc) is 3.02. The van der Waals surface area contributed by atoms with Crippen LogP contribution in [-0.4, -0.2) is 30.2 Å². The van der Waals surface area contributed by atoms with E-state index in [1.165, 1.54) is 12.4 Å². The number of rotatable bonds is 3. The number of hydrogen-bond acceptors (Lipinski definition) is 4. The largest absolute Gasteiger partial charge is 0.480 e. The summed E-state index contributed by atoms with van der Waals surface area (Å²) in [5.74, 6) is -1.07. The van der Waals surface area contributed by atoms with Gasteiger partial charge in [0, 0.05) is 18.0 Å². The zero-order valence-corrected chi connectivity index (χ0v) is 12.5. The van der Waals surface area contributed by atoms with Crippen LogP contribution in [0.1, 0.15) is 0 Å². The summed E-state index contributed by atoms with van der Waals surface area (Å²) in [7, 11) is 0. The quantitative estimate of drug-likeness (QED) is 0.621. The normalized spacial score (nSPS) is 11.2. The van der Waals surface area contributed by atoms with Gasteiger partial charge in [-0.15, -0.1) is 0 Å². The SMILES string of the molecule is O=C(O)Cn1ccc2c(cnc3c(-c4ccccc4)cnn32)c1=O. The van der Waals surface area contributed by atoms with E-state index in [0.717, 1.165) is 15.7 Å². The summed E-state index contributed by atoms with van der Waals surface area (Å²) in [6.45, 7) is -0.388. The molecule has 0 aliphatic heterocycles. The third-order valence-corrected chi connectivity index (χ3v) is 3.86. The molecule has 7 nitrogen and oxygen atoms in total. The minimum absolute atomic E-state index is 0.328. The molecule has 0 atom stereocenters. The highest BCUT2D eigenvalue weighted by Gasteiger charge is 2.13. The van der Waals surface area contributed by atoms with Crippen LogP contribution in [0.4, 0.5) is 0 Å². The van der Waals surface area contributed by atoms with Crippen molar-refractivity contribution in [2.75, 3.05) is 0 Å². The Morgan fingerprint density at radius 2 is 1.92 bits per heavy atom. The lowest BCUT2D eigenvalue weighted by molar-refractivity contribution is -0.137. The Kier molecular flexibility index (Phi) is 3.13. The van der Waals surface area contributed by atoms with Crippen molar-refractivity contribution in [1.29, 1.82) is 0 Å². The fourth-order valence-electron chi connectivity index (χ4n) is 2.75. The second-order valence-electron chi connectivity index (χ2n) is 5.36. The molecule has 24 heavy (non-hydrogen) atoms. The van der Waals surface area contributed by atoms with Crippen LogP contribution in [0.5, 0.6) is 0 Å². The molecule has 3 heterocycles. The molecule has 0 bridgehead atoms. The Labute approximate surface area is 135 Å². The maximum Gasteiger partial charge on any atom is 0.323 e. The molecule has 0 unspecified atom stereocenters. The first-order chi connectivity index (χ1) is 11.6. The second-order valence-corrected chi connectivity index (χ2v) is 5.36. The number of benzene rings is 1. The number of carboxylic acid groups (broad SMARTS) is 1. The van der Waals surface area contributed by atoms with E-state index in [-0.39, 0.29) is 6.54 Å². The average molecular weight is 320 g/mol. The Balaban J connectivity index is 1.97. The molecular formula is C17H12N4O3. The van der Waals surface area contributed by atoms with Crippen molar-refractivity contribution in [3.63, 3.8) is 0 Å². The maximum atomic E-state index is 12.4. The van der Waals surface area contributed by atoms with E-state index in [9.17, 15) is 9.59 Å². The molecule has 1 N–H and O–H groups in total. The predicted octanol–water partition coefficient (Wildman–Crippen LogP) is 1.80. The first-order valence-electron chi connectivity index (χ1n) is 7.28. The minimum atomic E-state index is -1.07. The molecule has 0 aliphatic carbocycles. The number of aliphatic carboxylic acids is 1. The van der Waals surface area contributed by atoms with E-state index in [2.05, 4.69) is 10.1 Å². The molecule has 0 saturated carbocycles. The van der Waals surface area contributed by atoms with Gasteiger partial charge in [-0.1, -0.05) is 30.3 Å². The van der Waals surface area contributed by atoms with Gasteiger partial charge in [0.25, 0.3) is 5.56 Å². The van der Waals surface area contributed by atoms with E-state index in [4.69, 9.17) is 5.11 Å². The van der Waals surface area contributed by atoms with Gasteiger partial charge in [-0.25, -0.2) is 9.50 Å². The summed E-state index contributed by atoms with van der Waals surface area (Å²) in [6.07, 6.45) is 4.64. The summed E-state index contributed by atoms with van der Waals surface area (Å²) >= 11 is 0. The molecule has 0 spiro atoms. The minimum Gasteiger partial charge on any atom is -0.480 e. The van der Waals surface area contributed by atoms with Crippen molar-refractivity contribution in [3.8, 4) is 11.1 Å². The Hall–Kier alpha value is -3.48. The number of carbonyl (C=O) groups is 1. The van der Waals surface area contributed by atoms with Crippen LogP contribution < -0.4 is 5.56 Å². The van der Waals surface area contributed by atoms with Gasteiger partial charge in [-0.2, -0.15) is 5.10 Å². The topological polar surface area (TPSA) is 89.5 Å². The molecule has 0 amide bonds. The number of fused-ring (bicyclic) bond motifs is 3. The van der Waals surface area contributed by atoms with Crippen molar-refractivity contribution < 1.29 is 9.90 Å². The third kappa shape index (κ3) is 2.14. The van der Waals surface area contributed by atoms with Gasteiger partial charge < -0.3 is 9.67 Å². The Bertz CT molecular complexity index is 1130. The molecule has 4 rings (SSSR count). The van der Waals surface area contributed by atoms with Gasteiger partial charge in [-0.05, 0) is 11.6 Å². The van der Waals surface area contributed by atoms with E-state index in [1.807, 2.05) is 30.3 Å². The van der Waals surface area contributed by atoms with Crippen LogP contribution in [0, 0.1) is 0 Å². The van der Waals surface area contributed by atoms with Crippen molar-refractivity contribution in [2.24, 2.45) is 0 Å². The van der Waals surface area contributed by atoms with Gasteiger partial charge >= 0.3 is 5.97 Å². The summed E-state index contributed by atoms with van der Waals surface area (Å²) in [5, 5.41) is 13.5. The maximum absolute atomic E-state index is 12.4. The zero-order valence-electron chi connectivity index (χ0n) is 12.5. The molecule has 0 radical (unpaired) electrons. The van der Waals surface area contributed by atoms with Crippen molar-refractivity contribution in [3.05, 3.63) is 65.3 Å². The number of hydrogen-bond donors (Lipinski definition) is 1. The Morgan fingerprint density at radius 1 is 1.12 bits per heavy atom. The van der Waals surface area contributed by atoms with Gasteiger partial charge in [-0.3, -0.25) is 9.59 Å². The summed E-state index contributed by atoms with van der Waals surface area (Å²) < 4.78 is 2.74. The fraction of sp³-hybridized carbons (Fsp3) is 0.0588. The lowest BCUT2D eigenvalue weighted by Crippen LogP contribution is -2.24. The van der Waals surface area contributed by atoms with Crippen LogP contribution in [0.3, 0.4) is 0 Å². The summed E-state index contributed by atoms with van der Waals surface area (Å²) in [4.78, 5) is 27.6. The van der Waals surface area contributed by atoms with Crippen LogP contribution in [0.25, 0.3) is 27.7 Å². The van der Waals surface area contributed by atoms with Crippen molar-refractivity contribution >= 4 is 22.5 Å². The van der Waals surface area contributed by atoms with Crippen LogP contribution >= 0.6 is 0 Å². The third-order valence-electron chi connectivity index (χ3n) is 3.86. The van der Waals surface area contributed by atoms with Gasteiger partial charge in [0.2, 0.25) is 0 Å². The Morgan fingerprint density at radius 3 is 2.67 bits per heavy atom. The summed E-state index contributed by atoms with van der Waals surface area (Å²) in [5.41, 5.74) is 2.68. The predicted molar refractivity (Wildman–Crippen MR) is 87.8 cm³/mol. The molecule has 4 aromatic rings. The highest BCUT2D eigenvalue weighted by atomic mass is 16.4. The number of pyridine rings is 1. The lowest BCUT2D eigenvalue weighted by Gasteiger charge is -2.06. The van der Waals surface area contributed by atoms with Crippen LogP contribution in [-0.2, 0) is 11.3 Å². The first-order valence-corrected chi connectivity index (χ1v) is 7.28. The number of aromatic nitrogens is 4. The molecule has 118 valence electrons. The van der Waals surface area contributed by atoms with Crippen LogP contribution in [0.2, 0.25) is 0 Å². The lowest BCUT2D eigenvalue weighted by atomic mass is 10.1. The van der Waals surface area contributed by atoms with E-state index >= 15 is 0 Å². The van der Waals surface area contributed by atoms with Crippen LogP contribution in [0.15, 0.2) is 59.8 Å². The highest BCUT2D eigenvalue weighted by molar-refractivity contribution is 5.85. The standard InChI is InChI=1S/C17H12N4O3/c22-15(23)10-20-7-6-14-13(17(20)24)8-18-16-12(9-19-21(14)16)11-4-2-1-3-5-11/h1-9H,10H2,(H,22,23). The molecule has 0 fully saturated rings. The van der Waals surface area contributed by atoms with E-state index in [1.54, 1.807) is 16.8 Å². The van der Waals surface area contributed by atoms with Gasteiger partial charge in [0.15, 0.2) is 5.65 Å². The number of nitrogens with zero attached hydrogens (tertiary/aromatic N) is 4. The van der Waals surface area contributed by atoms with E-state index < -0.39 is 11.5 Å². The van der Waals surface area contributed by atoms with Gasteiger partial charge in [0.1, 0.15) is 6.54 Å². The zero-order chi connectivity index (χ0) is 16.7. The molecule has 3 aromatic heterocycles. The molecular weight excluding hydrogens is 308 g/mol. The molecule has 7 heteroatoms. The molecule has 0 saturated heterocycles. The van der Waals surface area contributed by atoms with Crippen molar-refractivity contribution in [2.45, 2.75) is 6.54 Å². The monoisotopic (exact) mass is 320 g/mol. The van der Waals surface area contributed by atoms with Crippen molar-refractivity contribution in [1.82, 2.24) is 19.2 Å². The smallest absolute Gasteiger partial charge is 0.323 e. The second kappa shape index (κ2) is 5.31. The van der Waals surface area contributed by atoms with E-state index in [0.29, 0.717) is 16.6 Å². The van der Waals surface area contributed by atoms with Gasteiger partial charge in [0.05, 0.1) is 17.1 Å².